The van der Waals surface area contributed by atoms with E-state index in [-0.39, 0.29) is 11.4 Å². The van der Waals surface area contributed by atoms with E-state index in [1.54, 1.807) is 6.07 Å². The minimum Gasteiger partial charge on any atom is -0.393 e. The molecule has 0 heterocycles. The first-order chi connectivity index (χ1) is 8.66. The summed E-state index contributed by atoms with van der Waals surface area (Å²) in [5.74, 6) is 0. The van der Waals surface area contributed by atoms with Gasteiger partial charge < -0.3 is 5.73 Å². The van der Waals surface area contributed by atoms with Gasteiger partial charge in [0.1, 0.15) is 5.69 Å². The highest BCUT2D eigenvalue weighted by atomic mass is 16.6. The molecular formula is C14H10N2O2. The van der Waals surface area contributed by atoms with Crippen molar-refractivity contribution in [1.29, 1.82) is 0 Å². The van der Waals surface area contributed by atoms with Gasteiger partial charge >= 0.3 is 0 Å². The molecule has 0 radical (unpaired) electrons. The van der Waals surface area contributed by atoms with Gasteiger partial charge in [-0.2, -0.15) is 0 Å². The Kier molecular flexibility index (Phi) is 2.16. The van der Waals surface area contributed by atoms with Gasteiger partial charge in [0.05, 0.1) is 4.92 Å². The van der Waals surface area contributed by atoms with Gasteiger partial charge in [-0.15, -0.1) is 0 Å². The number of nitro groups is 1. The van der Waals surface area contributed by atoms with Gasteiger partial charge in [-0.25, -0.2) is 0 Å². The number of nitrogens with zero attached hydrogens (tertiary/aromatic N) is 1. The number of rotatable bonds is 1. The zero-order valence-electron chi connectivity index (χ0n) is 9.46. The molecule has 3 aromatic carbocycles. The Morgan fingerprint density at radius 2 is 1.61 bits per heavy atom. The lowest BCUT2D eigenvalue weighted by Crippen LogP contribution is -1.96. The van der Waals surface area contributed by atoms with Crippen molar-refractivity contribution < 1.29 is 4.92 Å². The summed E-state index contributed by atoms with van der Waals surface area (Å²) < 4.78 is 0. The molecule has 0 unspecified atom stereocenters. The molecule has 4 nitrogen and oxygen atoms in total. The Hall–Kier alpha value is -2.62. The van der Waals surface area contributed by atoms with Crippen molar-refractivity contribution in [3.8, 4) is 0 Å². The Balaban J connectivity index is 2.44. The molecule has 3 aromatic rings. The van der Waals surface area contributed by atoms with E-state index in [4.69, 9.17) is 5.73 Å². The second-order valence-corrected chi connectivity index (χ2v) is 4.18. The summed E-state index contributed by atoms with van der Waals surface area (Å²) in [4.78, 5) is 10.4. The summed E-state index contributed by atoms with van der Waals surface area (Å²) in [7, 11) is 0. The predicted molar refractivity (Wildman–Crippen MR) is 72.5 cm³/mol. The van der Waals surface area contributed by atoms with E-state index in [1.807, 2.05) is 36.4 Å². The van der Waals surface area contributed by atoms with Crippen molar-refractivity contribution in [2.75, 3.05) is 5.73 Å². The monoisotopic (exact) mass is 238 g/mol. The molecule has 4 heteroatoms. The Morgan fingerprint density at radius 3 is 2.28 bits per heavy atom. The third kappa shape index (κ3) is 1.47. The van der Waals surface area contributed by atoms with E-state index in [1.165, 1.54) is 6.07 Å². The quantitative estimate of drug-likeness (QED) is 0.305. The van der Waals surface area contributed by atoms with Crippen LogP contribution < -0.4 is 5.73 Å². The summed E-state index contributed by atoms with van der Waals surface area (Å²) >= 11 is 0. The summed E-state index contributed by atoms with van der Waals surface area (Å²) in [6.45, 7) is 0. The summed E-state index contributed by atoms with van der Waals surface area (Å²) in [6.07, 6.45) is 0. The van der Waals surface area contributed by atoms with Gasteiger partial charge in [0.2, 0.25) is 0 Å². The zero-order chi connectivity index (χ0) is 12.7. The van der Waals surface area contributed by atoms with Gasteiger partial charge in [0, 0.05) is 11.5 Å². The van der Waals surface area contributed by atoms with Gasteiger partial charge in [0.25, 0.3) is 5.69 Å². The molecule has 0 saturated carbocycles. The van der Waals surface area contributed by atoms with E-state index in [0.717, 1.165) is 21.5 Å². The van der Waals surface area contributed by atoms with Crippen molar-refractivity contribution in [3.63, 3.8) is 0 Å². The van der Waals surface area contributed by atoms with Gasteiger partial charge in [-0.1, -0.05) is 24.3 Å². The van der Waals surface area contributed by atoms with Crippen LogP contribution in [0.25, 0.3) is 21.5 Å². The molecular weight excluding hydrogens is 228 g/mol. The Morgan fingerprint density at radius 1 is 0.944 bits per heavy atom. The Bertz CT molecular complexity index is 781. The molecule has 18 heavy (non-hydrogen) atoms. The highest BCUT2D eigenvalue weighted by molar-refractivity contribution is 6.05. The number of anilines is 1. The number of hydrogen-bond donors (Lipinski definition) is 1. The lowest BCUT2D eigenvalue weighted by atomic mass is 10.0. The number of nitro benzene ring substituents is 1. The molecule has 0 aromatic heterocycles. The van der Waals surface area contributed by atoms with Crippen molar-refractivity contribution >= 4 is 32.9 Å². The lowest BCUT2D eigenvalue weighted by molar-refractivity contribution is -0.383. The van der Waals surface area contributed by atoms with Crippen LogP contribution >= 0.6 is 0 Å². The molecule has 0 fully saturated rings. The second-order valence-electron chi connectivity index (χ2n) is 4.18. The average molecular weight is 238 g/mol. The number of benzene rings is 3. The average Bonchev–Trinajstić information content (AvgIpc) is 2.37. The third-order valence-corrected chi connectivity index (χ3v) is 3.10. The van der Waals surface area contributed by atoms with E-state index in [0.29, 0.717) is 0 Å². The minimum atomic E-state index is -0.454. The van der Waals surface area contributed by atoms with Crippen molar-refractivity contribution in [1.82, 2.24) is 0 Å². The lowest BCUT2D eigenvalue weighted by Gasteiger charge is -2.05. The highest BCUT2D eigenvalue weighted by Gasteiger charge is 2.14. The topological polar surface area (TPSA) is 69.2 Å². The number of fused-ring (bicyclic) bond motifs is 2. The number of hydrogen-bond acceptors (Lipinski definition) is 3. The van der Waals surface area contributed by atoms with Crippen LogP contribution in [-0.4, -0.2) is 4.92 Å². The molecule has 0 spiro atoms. The van der Waals surface area contributed by atoms with Crippen molar-refractivity contribution in [2.24, 2.45) is 0 Å². The zero-order valence-corrected chi connectivity index (χ0v) is 9.46. The van der Waals surface area contributed by atoms with Crippen LogP contribution in [0.3, 0.4) is 0 Å². The van der Waals surface area contributed by atoms with Crippen LogP contribution in [0.1, 0.15) is 0 Å². The van der Waals surface area contributed by atoms with Gasteiger partial charge in [-0.05, 0) is 34.4 Å². The molecule has 88 valence electrons. The summed E-state index contributed by atoms with van der Waals surface area (Å²) in [5.41, 5.74) is 6.05. The second kappa shape index (κ2) is 3.70. The van der Waals surface area contributed by atoms with Crippen LogP contribution in [0.2, 0.25) is 0 Å². The molecule has 0 saturated heterocycles. The smallest absolute Gasteiger partial charge is 0.292 e. The van der Waals surface area contributed by atoms with E-state index < -0.39 is 4.92 Å². The molecule has 0 amide bonds. The molecule has 0 aliphatic rings. The van der Waals surface area contributed by atoms with Crippen LogP contribution in [0.15, 0.2) is 48.5 Å². The summed E-state index contributed by atoms with van der Waals surface area (Å²) in [6, 6.07) is 14.9. The fourth-order valence-corrected chi connectivity index (χ4v) is 2.18. The van der Waals surface area contributed by atoms with Crippen LogP contribution in [0, 0.1) is 10.1 Å². The van der Waals surface area contributed by atoms with E-state index >= 15 is 0 Å². The maximum atomic E-state index is 10.9. The van der Waals surface area contributed by atoms with Crippen LogP contribution in [0.4, 0.5) is 11.4 Å². The van der Waals surface area contributed by atoms with Crippen LogP contribution in [-0.2, 0) is 0 Å². The summed E-state index contributed by atoms with van der Waals surface area (Å²) in [5, 5.41) is 14.6. The minimum absolute atomic E-state index is 0.0437. The number of nitrogen functional groups attached to an aromatic ring is 1. The predicted octanol–water partition coefficient (Wildman–Crippen LogP) is 3.48. The van der Waals surface area contributed by atoms with Crippen molar-refractivity contribution in [2.45, 2.75) is 0 Å². The number of nitrogens with two attached hydrogens (primary N) is 1. The molecule has 0 aliphatic heterocycles. The van der Waals surface area contributed by atoms with Crippen LogP contribution in [0.5, 0.6) is 0 Å². The first kappa shape index (κ1) is 10.5. The normalized spacial score (nSPS) is 10.9. The van der Waals surface area contributed by atoms with Crippen molar-refractivity contribution in [3.05, 3.63) is 58.6 Å². The molecule has 0 aliphatic carbocycles. The maximum absolute atomic E-state index is 10.9. The first-order valence-corrected chi connectivity index (χ1v) is 5.52. The highest BCUT2D eigenvalue weighted by Crippen LogP contribution is 2.32. The molecule has 0 bridgehead atoms. The van der Waals surface area contributed by atoms with E-state index in [2.05, 4.69) is 0 Å². The standard InChI is InChI=1S/C14H10N2O2/c15-14-12-8-10-4-2-1-3-9(10)7-11(12)5-6-13(14)16(17)18/h1-8H,15H2. The SMILES string of the molecule is Nc1c([N+](=O)[O-])ccc2cc3ccccc3cc12. The van der Waals surface area contributed by atoms with E-state index in [9.17, 15) is 10.1 Å². The third-order valence-electron chi connectivity index (χ3n) is 3.10. The fraction of sp³-hybridized carbons (Fsp3) is 0. The molecule has 3 rings (SSSR count). The first-order valence-electron chi connectivity index (χ1n) is 5.52. The molecule has 2 N–H and O–H groups in total. The van der Waals surface area contributed by atoms with Gasteiger partial charge in [0.15, 0.2) is 0 Å². The largest absolute Gasteiger partial charge is 0.393 e. The van der Waals surface area contributed by atoms with Gasteiger partial charge in [-0.3, -0.25) is 10.1 Å². The maximum Gasteiger partial charge on any atom is 0.292 e. The fourth-order valence-electron chi connectivity index (χ4n) is 2.18. The molecule has 0 atom stereocenters. The Labute approximate surface area is 103 Å².